The number of piperazine rings is 1. The van der Waals surface area contributed by atoms with Crippen molar-refractivity contribution in [3.8, 4) is 0 Å². The molecule has 1 amide bonds. The highest BCUT2D eigenvalue weighted by molar-refractivity contribution is 5.79. The predicted molar refractivity (Wildman–Crippen MR) is 78.1 cm³/mol. The molecule has 0 aliphatic carbocycles. The fourth-order valence-corrected chi connectivity index (χ4v) is 2.57. The standard InChI is InChI=1S/C15H23N3O2/c16-12-14-4-2-1-3-13(14)11-15(20)18-7-5-17(6-8-18)9-10-19/h1-4,19H,5-12,16H2. The molecule has 0 bridgehead atoms. The molecule has 2 rings (SSSR count). The van der Waals surface area contributed by atoms with E-state index in [4.69, 9.17) is 10.8 Å². The van der Waals surface area contributed by atoms with Crippen LogP contribution in [0.15, 0.2) is 24.3 Å². The quantitative estimate of drug-likeness (QED) is 0.783. The van der Waals surface area contributed by atoms with Gasteiger partial charge in [0.15, 0.2) is 0 Å². The summed E-state index contributed by atoms with van der Waals surface area (Å²) >= 11 is 0. The number of aliphatic hydroxyl groups excluding tert-OH is 1. The lowest BCUT2D eigenvalue weighted by Gasteiger charge is -2.34. The fourth-order valence-electron chi connectivity index (χ4n) is 2.57. The molecule has 0 unspecified atom stereocenters. The van der Waals surface area contributed by atoms with Crippen molar-refractivity contribution in [1.29, 1.82) is 0 Å². The number of β-amino-alcohol motifs (C(OH)–C–C–N with tert-alkyl or cyclic N) is 1. The van der Waals surface area contributed by atoms with Crippen LogP contribution in [0.3, 0.4) is 0 Å². The summed E-state index contributed by atoms with van der Waals surface area (Å²) in [6.45, 7) is 4.49. The third-order valence-corrected chi connectivity index (χ3v) is 3.82. The Morgan fingerprint density at radius 2 is 1.80 bits per heavy atom. The normalized spacial score (nSPS) is 16.4. The van der Waals surface area contributed by atoms with Gasteiger partial charge in [-0.05, 0) is 11.1 Å². The molecule has 1 aliphatic heterocycles. The van der Waals surface area contributed by atoms with E-state index in [9.17, 15) is 4.79 Å². The predicted octanol–water partition coefficient (Wildman–Crippen LogP) is -0.176. The summed E-state index contributed by atoms with van der Waals surface area (Å²) in [4.78, 5) is 16.4. The minimum absolute atomic E-state index is 0.162. The van der Waals surface area contributed by atoms with Crippen molar-refractivity contribution in [2.24, 2.45) is 5.73 Å². The van der Waals surface area contributed by atoms with Crippen molar-refractivity contribution in [3.05, 3.63) is 35.4 Å². The molecule has 1 saturated heterocycles. The summed E-state index contributed by atoms with van der Waals surface area (Å²) in [6.07, 6.45) is 0.424. The molecule has 0 aromatic heterocycles. The van der Waals surface area contributed by atoms with Gasteiger partial charge < -0.3 is 15.7 Å². The van der Waals surface area contributed by atoms with Crippen LogP contribution in [0.2, 0.25) is 0 Å². The molecule has 1 fully saturated rings. The first-order valence-corrected chi connectivity index (χ1v) is 7.12. The average molecular weight is 277 g/mol. The highest BCUT2D eigenvalue weighted by atomic mass is 16.3. The summed E-state index contributed by atoms with van der Waals surface area (Å²) in [5.41, 5.74) is 7.77. The van der Waals surface area contributed by atoms with E-state index in [0.717, 1.165) is 37.3 Å². The highest BCUT2D eigenvalue weighted by Gasteiger charge is 2.21. The lowest BCUT2D eigenvalue weighted by molar-refractivity contribution is -0.132. The van der Waals surface area contributed by atoms with Gasteiger partial charge in [0, 0.05) is 39.3 Å². The Bertz CT molecular complexity index is 442. The average Bonchev–Trinajstić information content (AvgIpc) is 2.49. The maximum Gasteiger partial charge on any atom is 0.227 e. The van der Waals surface area contributed by atoms with Crippen molar-refractivity contribution in [2.75, 3.05) is 39.3 Å². The molecule has 1 aromatic rings. The Balaban J connectivity index is 1.89. The van der Waals surface area contributed by atoms with E-state index >= 15 is 0 Å². The lowest BCUT2D eigenvalue weighted by Crippen LogP contribution is -2.49. The number of hydrogen-bond acceptors (Lipinski definition) is 4. The van der Waals surface area contributed by atoms with Gasteiger partial charge in [0.2, 0.25) is 5.91 Å². The van der Waals surface area contributed by atoms with Crippen LogP contribution < -0.4 is 5.73 Å². The fraction of sp³-hybridized carbons (Fsp3) is 0.533. The number of nitrogens with two attached hydrogens (primary N) is 1. The van der Waals surface area contributed by atoms with Crippen LogP contribution in [-0.2, 0) is 17.8 Å². The maximum absolute atomic E-state index is 12.3. The first-order chi connectivity index (χ1) is 9.74. The van der Waals surface area contributed by atoms with Gasteiger partial charge in [-0.25, -0.2) is 0 Å². The largest absolute Gasteiger partial charge is 0.395 e. The van der Waals surface area contributed by atoms with Crippen LogP contribution in [0.5, 0.6) is 0 Å². The van der Waals surface area contributed by atoms with Gasteiger partial charge in [-0.2, -0.15) is 0 Å². The minimum Gasteiger partial charge on any atom is -0.395 e. The van der Waals surface area contributed by atoms with Crippen molar-refractivity contribution in [1.82, 2.24) is 9.80 Å². The Labute approximate surface area is 120 Å². The molecular formula is C15H23N3O2. The van der Waals surface area contributed by atoms with Crippen LogP contribution in [0.1, 0.15) is 11.1 Å². The van der Waals surface area contributed by atoms with E-state index in [1.807, 2.05) is 29.2 Å². The van der Waals surface area contributed by atoms with E-state index in [1.54, 1.807) is 0 Å². The van der Waals surface area contributed by atoms with E-state index in [1.165, 1.54) is 0 Å². The Morgan fingerprint density at radius 1 is 1.15 bits per heavy atom. The second-order valence-electron chi connectivity index (χ2n) is 5.10. The number of carbonyl (C=O) groups excluding carboxylic acids is 1. The van der Waals surface area contributed by atoms with Gasteiger partial charge in [-0.15, -0.1) is 0 Å². The number of hydrogen-bond donors (Lipinski definition) is 2. The van der Waals surface area contributed by atoms with Crippen LogP contribution in [0.25, 0.3) is 0 Å². The molecule has 1 aromatic carbocycles. The van der Waals surface area contributed by atoms with Crippen LogP contribution in [0, 0.1) is 0 Å². The van der Waals surface area contributed by atoms with E-state index in [0.29, 0.717) is 19.5 Å². The third kappa shape index (κ3) is 3.79. The number of carbonyl (C=O) groups is 1. The number of amides is 1. The van der Waals surface area contributed by atoms with Crippen molar-refractivity contribution in [3.63, 3.8) is 0 Å². The maximum atomic E-state index is 12.3. The molecule has 5 nitrogen and oxygen atoms in total. The van der Waals surface area contributed by atoms with Crippen molar-refractivity contribution >= 4 is 5.91 Å². The molecule has 1 aliphatic rings. The molecule has 5 heteroatoms. The molecule has 1 heterocycles. The summed E-state index contributed by atoms with van der Waals surface area (Å²) in [5.74, 6) is 0.162. The zero-order valence-electron chi connectivity index (χ0n) is 11.8. The number of rotatable bonds is 5. The second-order valence-corrected chi connectivity index (χ2v) is 5.10. The van der Waals surface area contributed by atoms with Crippen molar-refractivity contribution < 1.29 is 9.90 Å². The molecule has 110 valence electrons. The van der Waals surface area contributed by atoms with Crippen LogP contribution >= 0.6 is 0 Å². The first-order valence-electron chi connectivity index (χ1n) is 7.12. The second kappa shape index (κ2) is 7.38. The minimum atomic E-state index is 0.162. The summed E-state index contributed by atoms with van der Waals surface area (Å²) < 4.78 is 0. The Hall–Kier alpha value is -1.43. The third-order valence-electron chi connectivity index (χ3n) is 3.82. The Morgan fingerprint density at radius 3 is 2.40 bits per heavy atom. The molecule has 0 saturated carbocycles. The molecule has 3 N–H and O–H groups in total. The van der Waals surface area contributed by atoms with Crippen molar-refractivity contribution in [2.45, 2.75) is 13.0 Å². The van der Waals surface area contributed by atoms with Crippen LogP contribution in [-0.4, -0.2) is 60.1 Å². The monoisotopic (exact) mass is 277 g/mol. The summed E-state index contributed by atoms with van der Waals surface area (Å²) in [6, 6.07) is 7.84. The molecule has 0 spiro atoms. The SMILES string of the molecule is NCc1ccccc1CC(=O)N1CCN(CCO)CC1. The van der Waals surface area contributed by atoms with Gasteiger partial charge in [-0.1, -0.05) is 24.3 Å². The summed E-state index contributed by atoms with van der Waals surface area (Å²) in [5, 5.41) is 8.91. The topological polar surface area (TPSA) is 69.8 Å². The van der Waals surface area contributed by atoms with E-state index in [2.05, 4.69) is 4.90 Å². The summed E-state index contributed by atoms with van der Waals surface area (Å²) in [7, 11) is 0. The lowest BCUT2D eigenvalue weighted by atomic mass is 10.0. The van der Waals surface area contributed by atoms with E-state index < -0.39 is 0 Å². The van der Waals surface area contributed by atoms with Gasteiger partial charge in [0.05, 0.1) is 13.0 Å². The van der Waals surface area contributed by atoms with Crippen LogP contribution in [0.4, 0.5) is 0 Å². The first kappa shape index (κ1) is 15.0. The zero-order chi connectivity index (χ0) is 14.4. The molecule has 0 atom stereocenters. The van der Waals surface area contributed by atoms with Gasteiger partial charge in [-0.3, -0.25) is 9.69 Å². The van der Waals surface area contributed by atoms with Gasteiger partial charge in [0.1, 0.15) is 0 Å². The molecule has 0 radical (unpaired) electrons. The number of aliphatic hydroxyl groups is 1. The Kier molecular flexibility index (Phi) is 5.52. The highest BCUT2D eigenvalue weighted by Crippen LogP contribution is 2.11. The van der Waals surface area contributed by atoms with Gasteiger partial charge >= 0.3 is 0 Å². The molecular weight excluding hydrogens is 254 g/mol. The molecule has 20 heavy (non-hydrogen) atoms. The smallest absolute Gasteiger partial charge is 0.227 e. The van der Waals surface area contributed by atoms with Gasteiger partial charge in [0.25, 0.3) is 0 Å². The number of benzene rings is 1. The van der Waals surface area contributed by atoms with E-state index in [-0.39, 0.29) is 12.5 Å². The number of nitrogens with zero attached hydrogens (tertiary/aromatic N) is 2. The zero-order valence-corrected chi connectivity index (χ0v) is 11.8.